The maximum Gasteiger partial charge on any atom is 0.144 e. The van der Waals surface area contributed by atoms with Crippen molar-refractivity contribution in [1.29, 1.82) is 0 Å². The second-order valence-corrected chi connectivity index (χ2v) is 4.92. The van der Waals surface area contributed by atoms with Gasteiger partial charge in [0.15, 0.2) is 0 Å². The first kappa shape index (κ1) is 12.8. The average molecular weight is 341 g/mol. The summed E-state index contributed by atoms with van der Waals surface area (Å²) in [5.74, 6) is -1.12. The fraction of sp³-hybridized carbons (Fsp3) is 0.200. The molecule has 1 nitrogen and oxygen atoms in total. The van der Waals surface area contributed by atoms with E-state index >= 15 is 0 Å². The van der Waals surface area contributed by atoms with Crippen LogP contribution in [0.15, 0.2) is 27.7 Å². The Hall–Kier alpha value is -0.260. The number of halogens is 4. The van der Waals surface area contributed by atoms with E-state index in [1.165, 1.54) is 12.1 Å². The molecule has 0 aliphatic heterocycles. The van der Waals surface area contributed by atoms with Gasteiger partial charge in [-0.3, -0.25) is 0 Å². The monoisotopic (exact) mass is 339 g/mol. The zero-order valence-electron chi connectivity index (χ0n) is 7.79. The summed E-state index contributed by atoms with van der Waals surface area (Å²) >= 11 is 6.15. The average Bonchev–Trinajstić information content (AvgIpc) is 2.17. The van der Waals surface area contributed by atoms with E-state index in [9.17, 15) is 8.78 Å². The molecule has 0 aromatic heterocycles. The van der Waals surface area contributed by atoms with E-state index < -0.39 is 11.6 Å². The van der Waals surface area contributed by atoms with E-state index in [1.807, 2.05) is 0 Å². The van der Waals surface area contributed by atoms with Gasteiger partial charge in [0, 0.05) is 23.1 Å². The molecule has 0 amide bonds. The van der Waals surface area contributed by atoms with E-state index in [4.69, 9.17) is 0 Å². The molecule has 82 valence electrons. The van der Waals surface area contributed by atoms with E-state index in [1.54, 1.807) is 0 Å². The van der Waals surface area contributed by atoms with Crippen LogP contribution in [-0.4, -0.2) is 6.54 Å². The van der Waals surface area contributed by atoms with Crippen LogP contribution < -0.4 is 5.32 Å². The van der Waals surface area contributed by atoms with Crippen LogP contribution in [0, 0.1) is 11.6 Å². The number of benzene rings is 1. The Morgan fingerprint density at radius 1 is 1.40 bits per heavy atom. The van der Waals surface area contributed by atoms with Crippen LogP contribution in [-0.2, 0) is 6.54 Å². The normalized spacial score (nSPS) is 10.4. The summed E-state index contributed by atoms with van der Waals surface area (Å²) in [4.78, 5) is 0. The quantitative estimate of drug-likeness (QED) is 0.823. The lowest BCUT2D eigenvalue weighted by Gasteiger charge is -2.07. The van der Waals surface area contributed by atoms with Crippen molar-refractivity contribution in [2.24, 2.45) is 0 Å². The van der Waals surface area contributed by atoms with Crippen LogP contribution in [0.1, 0.15) is 5.56 Å². The molecule has 0 aliphatic carbocycles. The second-order valence-electron chi connectivity index (χ2n) is 2.94. The van der Waals surface area contributed by atoms with Gasteiger partial charge in [-0.25, -0.2) is 8.78 Å². The third-order valence-electron chi connectivity index (χ3n) is 1.76. The molecule has 1 aromatic carbocycles. The number of nitrogens with one attached hydrogen (secondary N) is 1. The predicted octanol–water partition coefficient (Wildman–Crippen LogP) is 3.73. The van der Waals surface area contributed by atoms with E-state index in [0.717, 1.165) is 4.48 Å². The molecule has 0 saturated carbocycles. The number of hydrogen-bond donors (Lipinski definition) is 1. The predicted molar refractivity (Wildman–Crippen MR) is 63.8 cm³/mol. The summed E-state index contributed by atoms with van der Waals surface area (Å²) in [6.45, 7) is 4.20. The van der Waals surface area contributed by atoms with E-state index in [-0.39, 0.29) is 16.6 Å². The standard InChI is InChI=1S/C10H9Br2F2N/c1-6(11)4-15-5-7-9(13)3-2-8(12)10(7)14/h2-3,15H,1,4-5H2. The molecule has 15 heavy (non-hydrogen) atoms. The Morgan fingerprint density at radius 2 is 2.07 bits per heavy atom. The van der Waals surface area contributed by atoms with Gasteiger partial charge in [-0.05, 0) is 28.1 Å². The summed E-state index contributed by atoms with van der Waals surface area (Å²) in [7, 11) is 0. The van der Waals surface area contributed by atoms with Crippen molar-refractivity contribution < 1.29 is 8.78 Å². The van der Waals surface area contributed by atoms with Crippen LogP contribution >= 0.6 is 31.9 Å². The molecule has 1 aromatic rings. The van der Waals surface area contributed by atoms with Gasteiger partial charge in [-0.1, -0.05) is 22.5 Å². The Bertz CT molecular complexity index is 380. The SMILES string of the molecule is C=C(Br)CNCc1c(F)ccc(Br)c1F. The van der Waals surface area contributed by atoms with Crippen molar-refractivity contribution in [2.75, 3.05) is 6.54 Å². The van der Waals surface area contributed by atoms with Gasteiger partial charge >= 0.3 is 0 Å². The van der Waals surface area contributed by atoms with Crippen molar-refractivity contribution in [1.82, 2.24) is 5.32 Å². The molecule has 0 spiro atoms. The fourth-order valence-electron chi connectivity index (χ4n) is 1.05. The Labute approximate surface area is 104 Å². The van der Waals surface area contributed by atoms with Crippen LogP contribution in [0.3, 0.4) is 0 Å². The molecule has 1 N–H and O–H groups in total. The molecule has 0 fully saturated rings. The maximum absolute atomic E-state index is 13.4. The second kappa shape index (κ2) is 5.72. The third-order valence-corrected chi connectivity index (χ3v) is 2.65. The summed E-state index contributed by atoms with van der Waals surface area (Å²) in [5, 5.41) is 2.86. The maximum atomic E-state index is 13.4. The molecular formula is C10H9Br2F2N. The van der Waals surface area contributed by atoms with Crippen molar-refractivity contribution in [3.8, 4) is 0 Å². The molecule has 0 heterocycles. The zero-order valence-corrected chi connectivity index (χ0v) is 11.0. The number of rotatable bonds is 4. The zero-order chi connectivity index (χ0) is 11.4. The molecule has 1 rings (SSSR count). The van der Waals surface area contributed by atoms with Gasteiger partial charge in [0.05, 0.1) is 4.47 Å². The Kier molecular flexibility index (Phi) is 4.89. The van der Waals surface area contributed by atoms with Crippen molar-refractivity contribution in [3.63, 3.8) is 0 Å². The molecule has 0 aliphatic rings. The topological polar surface area (TPSA) is 12.0 Å². The highest BCUT2D eigenvalue weighted by Crippen LogP contribution is 2.21. The summed E-state index contributed by atoms with van der Waals surface area (Å²) in [5.41, 5.74) is 0.0260. The summed E-state index contributed by atoms with van der Waals surface area (Å²) < 4.78 is 27.6. The van der Waals surface area contributed by atoms with Crippen LogP contribution in [0.5, 0.6) is 0 Å². The first-order valence-corrected chi connectivity index (χ1v) is 5.77. The van der Waals surface area contributed by atoms with Gasteiger partial charge in [0.2, 0.25) is 0 Å². The molecule has 0 radical (unpaired) electrons. The smallest absolute Gasteiger partial charge is 0.144 e. The lowest BCUT2D eigenvalue weighted by atomic mass is 10.2. The first-order valence-electron chi connectivity index (χ1n) is 4.18. The Balaban J connectivity index is 2.75. The van der Waals surface area contributed by atoms with E-state index in [2.05, 4.69) is 43.8 Å². The lowest BCUT2D eigenvalue weighted by Crippen LogP contribution is -2.16. The fourth-order valence-corrected chi connectivity index (χ4v) is 1.62. The largest absolute Gasteiger partial charge is 0.308 e. The molecule has 0 saturated heterocycles. The van der Waals surface area contributed by atoms with Gasteiger partial charge in [-0.2, -0.15) is 0 Å². The van der Waals surface area contributed by atoms with Crippen LogP contribution in [0.25, 0.3) is 0 Å². The first-order chi connectivity index (χ1) is 7.02. The highest BCUT2D eigenvalue weighted by molar-refractivity contribution is 9.11. The van der Waals surface area contributed by atoms with Crippen molar-refractivity contribution in [2.45, 2.75) is 6.54 Å². The minimum atomic E-state index is -0.567. The molecule has 5 heteroatoms. The van der Waals surface area contributed by atoms with Gasteiger partial charge in [-0.15, -0.1) is 0 Å². The minimum Gasteiger partial charge on any atom is -0.308 e. The highest BCUT2D eigenvalue weighted by atomic mass is 79.9. The van der Waals surface area contributed by atoms with Gasteiger partial charge in [0.1, 0.15) is 11.6 Å². The van der Waals surface area contributed by atoms with Crippen molar-refractivity contribution in [3.05, 3.63) is 44.9 Å². The highest BCUT2D eigenvalue weighted by Gasteiger charge is 2.11. The lowest BCUT2D eigenvalue weighted by molar-refractivity contribution is 0.538. The third kappa shape index (κ3) is 3.66. The summed E-state index contributed by atoms with van der Waals surface area (Å²) in [6.07, 6.45) is 0. The molecule has 0 unspecified atom stereocenters. The minimum absolute atomic E-state index is 0.0260. The van der Waals surface area contributed by atoms with E-state index in [0.29, 0.717) is 6.54 Å². The summed E-state index contributed by atoms with van der Waals surface area (Å²) in [6, 6.07) is 2.57. The molecule has 0 bridgehead atoms. The Morgan fingerprint density at radius 3 is 2.67 bits per heavy atom. The van der Waals surface area contributed by atoms with Crippen molar-refractivity contribution >= 4 is 31.9 Å². The van der Waals surface area contributed by atoms with Gasteiger partial charge in [0.25, 0.3) is 0 Å². The molecular weight excluding hydrogens is 332 g/mol. The molecule has 0 atom stereocenters. The number of hydrogen-bond acceptors (Lipinski definition) is 1. The van der Waals surface area contributed by atoms with Crippen LogP contribution in [0.2, 0.25) is 0 Å². The van der Waals surface area contributed by atoms with Crippen LogP contribution in [0.4, 0.5) is 8.78 Å². The van der Waals surface area contributed by atoms with Gasteiger partial charge < -0.3 is 5.32 Å².